The number of hydrogen-bond donors (Lipinski definition) is 0. The first-order valence-corrected chi connectivity index (χ1v) is 10.8. The molecule has 8 nitrogen and oxygen atoms in total. The summed E-state index contributed by atoms with van der Waals surface area (Å²) in [5, 5.41) is 5.36. The molecule has 0 bridgehead atoms. The van der Waals surface area contributed by atoms with Gasteiger partial charge in [0.25, 0.3) is 11.8 Å². The van der Waals surface area contributed by atoms with E-state index >= 15 is 0 Å². The molecule has 3 heterocycles. The van der Waals surface area contributed by atoms with Crippen molar-refractivity contribution in [3.05, 3.63) is 108 Å². The van der Waals surface area contributed by atoms with E-state index in [9.17, 15) is 14.4 Å². The van der Waals surface area contributed by atoms with E-state index in [0.717, 1.165) is 10.3 Å². The zero-order chi connectivity index (χ0) is 23.9. The Kier molecular flexibility index (Phi) is 4.77. The SMILES string of the molecule is O=C(OCc1cc(-c2ccco2)on1)c1ccc(N2C(=O)c3cccc4cccc(c34)C2=O)cc1. The summed E-state index contributed by atoms with van der Waals surface area (Å²) in [6.07, 6.45) is 1.52. The molecule has 0 aliphatic carbocycles. The number of aromatic nitrogens is 1. The van der Waals surface area contributed by atoms with Gasteiger partial charge in [-0.3, -0.25) is 9.59 Å². The number of ether oxygens (including phenoxy) is 1. The number of benzene rings is 3. The van der Waals surface area contributed by atoms with Crippen molar-refractivity contribution in [1.29, 1.82) is 0 Å². The van der Waals surface area contributed by atoms with Crippen LogP contribution in [0.25, 0.3) is 22.3 Å². The number of hydrogen-bond acceptors (Lipinski definition) is 7. The molecule has 6 rings (SSSR count). The maximum atomic E-state index is 13.2. The second-order valence-electron chi connectivity index (χ2n) is 7.94. The molecule has 35 heavy (non-hydrogen) atoms. The molecule has 1 aliphatic rings. The van der Waals surface area contributed by atoms with Crippen LogP contribution < -0.4 is 4.90 Å². The van der Waals surface area contributed by atoms with E-state index in [0.29, 0.717) is 39.4 Å². The zero-order valence-corrected chi connectivity index (χ0v) is 18.1. The van der Waals surface area contributed by atoms with Crippen LogP contribution in [-0.2, 0) is 11.3 Å². The average molecular weight is 464 g/mol. The van der Waals surface area contributed by atoms with Gasteiger partial charge in [-0.15, -0.1) is 0 Å². The lowest BCUT2D eigenvalue weighted by Crippen LogP contribution is -2.40. The molecule has 2 amide bonds. The van der Waals surface area contributed by atoms with Crippen LogP contribution in [0.3, 0.4) is 0 Å². The van der Waals surface area contributed by atoms with Crippen molar-refractivity contribution in [1.82, 2.24) is 5.16 Å². The standard InChI is InChI=1S/C27H16N2O6/c30-25-20-6-1-4-16-5-2-7-21(24(16)20)26(31)29(25)19-11-9-17(10-12-19)27(32)34-15-18-14-23(35-28-18)22-8-3-13-33-22/h1-14H,15H2. The zero-order valence-electron chi connectivity index (χ0n) is 18.1. The third-order valence-corrected chi connectivity index (χ3v) is 5.81. The molecule has 0 atom stereocenters. The maximum absolute atomic E-state index is 13.2. The molecule has 3 aromatic carbocycles. The van der Waals surface area contributed by atoms with E-state index < -0.39 is 17.8 Å². The van der Waals surface area contributed by atoms with Crippen molar-refractivity contribution in [2.45, 2.75) is 6.61 Å². The van der Waals surface area contributed by atoms with Crippen molar-refractivity contribution in [2.75, 3.05) is 4.90 Å². The number of carbonyl (C=O) groups excluding carboxylic acids is 3. The number of nitrogens with zero attached hydrogens (tertiary/aromatic N) is 2. The lowest BCUT2D eigenvalue weighted by molar-refractivity contribution is 0.0464. The summed E-state index contributed by atoms with van der Waals surface area (Å²) in [5.74, 6) is -0.448. The third-order valence-electron chi connectivity index (χ3n) is 5.81. The van der Waals surface area contributed by atoms with Crippen LogP contribution in [0.15, 0.2) is 94.1 Å². The number of esters is 1. The summed E-state index contributed by atoms with van der Waals surface area (Å²) in [6.45, 7) is -0.0886. The van der Waals surface area contributed by atoms with E-state index in [1.807, 2.05) is 12.1 Å². The minimum absolute atomic E-state index is 0.0886. The Hall–Kier alpha value is -4.98. The molecule has 170 valence electrons. The molecular formula is C27H16N2O6. The first-order chi connectivity index (χ1) is 17.1. The summed E-state index contributed by atoms with van der Waals surface area (Å²) in [6, 6.07) is 21.9. The molecule has 0 spiro atoms. The Labute approximate surface area is 198 Å². The van der Waals surface area contributed by atoms with Gasteiger partial charge >= 0.3 is 5.97 Å². The van der Waals surface area contributed by atoms with E-state index in [-0.39, 0.29) is 12.2 Å². The molecule has 0 saturated heterocycles. The fourth-order valence-corrected chi connectivity index (χ4v) is 4.15. The fourth-order valence-electron chi connectivity index (χ4n) is 4.15. The first-order valence-electron chi connectivity index (χ1n) is 10.8. The van der Waals surface area contributed by atoms with Crippen molar-refractivity contribution < 1.29 is 28.1 Å². The highest BCUT2D eigenvalue weighted by Gasteiger charge is 2.33. The summed E-state index contributed by atoms with van der Waals surface area (Å²) < 4.78 is 15.8. The second kappa shape index (κ2) is 8.11. The summed E-state index contributed by atoms with van der Waals surface area (Å²) in [5.41, 5.74) is 1.98. The lowest BCUT2D eigenvalue weighted by atomic mass is 9.94. The largest absolute Gasteiger partial charge is 0.461 e. The Balaban J connectivity index is 1.19. The number of rotatable bonds is 5. The molecule has 2 aromatic heterocycles. The van der Waals surface area contributed by atoms with Crippen LogP contribution in [0.5, 0.6) is 0 Å². The smallest absolute Gasteiger partial charge is 0.338 e. The molecule has 1 aliphatic heterocycles. The monoisotopic (exact) mass is 464 g/mol. The van der Waals surface area contributed by atoms with E-state index in [4.69, 9.17) is 13.7 Å². The molecule has 0 N–H and O–H groups in total. The van der Waals surface area contributed by atoms with E-state index in [1.54, 1.807) is 54.6 Å². The number of amides is 2. The topological polar surface area (TPSA) is 103 Å². The average Bonchev–Trinajstić information content (AvgIpc) is 3.58. The van der Waals surface area contributed by atoms with Gasteiger partial charge in [0.1, 0.15) is 12.3 Å². The number of carbonyl (C=O) groups is 3. The highest BCUT2D eigenvalue weighted by molar-refractivity contribution is 6.35. The molecule has 0 radical (unpaired) electrons. The van der Waals surface area contributed by atoms with Crippen molar-refractivity contribution in [2.24, 2.45) is 0 Å². The Morgan fingerprint density at radius 2 is 1.57 bits per heavy atom. The highest BCUT2D eigenvalue weighted by atomic mass is 16.5. The predicted octanol–water partition coefficient (Wildman–Crippen LogP) is 5.25. The summed E-state index contributed by atoms with van der Waals surface area (Å²) in [7, 11) is 0. The van der Waals surface area contributed by atoms with Gasteiger partial charge in [0.2, 0.25) is 5.76 Å². The van der Waals surface area contributed by atoms with Gasteiger partial charge in [-0.25, -0.2) is 9.69 Å². The van der Waals surface area contributed by atoms with Gasteiger partial charge in [-0.1, -0.05) is 29.4 Å². The minimum Gasteiger partial charge on any atom is -0.461 e. The molecule has 0 fully saturated rings. The Bertz CT molecular complexity index is 1550. The normalized spacial score (nSPS) is 12.9. The van der Waals surface area contributed by atoms with Gasteiger partial charge in [0.05, 0.1) is 17.5 Å². The van der Waals surface area contributed by atoms with Crippen LogP contribution in [-0.4, -0.2) is 22.9 Å². The number of imide groups is 1. The van der Waals surface area contributed by atoms with Crippen LogP contribution in [0.2, 0.25) is 0 Å². The summed E-state index contributed by atoms with van der Waals surface area (Å²) in [4.78, 5) is 40.0. The van der Waals surface area contributed by atoms with Crippen molar-refractivity contribution in [3.8, 4) is 11.5 Å². The molecule has 0 saturated carbocycles. The molecular weight excluding hydrogens is 448 g/mol. The van der Waals surface area contributed by atoms with Crippen LogP contribution in [0.4, 0.5) is 5.69 Å². The number of anilines is 1. The van der Waals surface area contributed by atoms with E-state index in [2.05, 4.69) is 5.16 Å². The predicted molar refractivity (Wildman–Crippen MR) is 125 cm³/mol. The van der Waals surface area contributed by atoms with Crippen molar-refractivity contribution in [3.63, 3.8) is 0 Å². The second-order valence-corrected chi connectivity index (χ2v) is 7.94. The number of furan rings is 1. The van der Waals surface area contributed by atoms with E-state index in [1.165, 1.54) is 18.4 Å². The molecule has 8 heteroatoms. The van der Waals surface area contributed by atoms with Gasteiger partial charge in [-0.05, 0) is 53.9 Å². The van der Waals surface area contributed by atoms with Gasteiger partial charge < -0.3 is 13.7 Å². The van der Waals surface area contributed by atoms with Gasteiger partial charge in [0, 0.05) is 22.6 Å². The maximum Gasteiger partial charge on any atom is 0.338 e. The molecule has 0 unspecified atom stereocenters. The lowest BCUT2D eigenvalue weighted by Gasteiger charge is -2.27. The van der Waals surface area contributed by atoms with Crippen LogP contribution in [0, 0.1) is 0 Å². The van der Waals surface area contributed by atoms with Crippen LogP contribution in [0.1, 0.15) is 36.8 Å². The first kappa shape index (κ1) is 20.6. The van der Waals surface area contributed by atoms with Gasteiger partial charge in [-0.2, -0.15) is 0 Å². The minimum atomic E-state index is -0.578. The fraction of sp³-hybridized carbons (Fsp3) is 0.0370. The highest BCUT2D eigenvalue weighted by Crippen LogP contribution is 2.33. The quantitative estimate of drug-likeness (QED) is 0.259. The van der Waals surface area contributed by atoms with Crippen molar-refractivity contribution >= 4 is 34.2 Å². The van der Waals surface area contributed by atoms with Crippen LogP contribution >= 0.6 is 0 Å². The molecule has 5 aromatic rings. The summed E-state index contributed by atoms with van der Waals surface area (Å²) >= 11 is 0. The Morgan fingerprint density at radius 1 is 0.857 bits per heavy atom. The Morgan fingerprint density at radius 3 is 2.23 bits per heavy atom. The van der Waals surface area contributed by atoms with Gasteiger partial charge in [0.15, 0.2) is 5.76 Å². The third kappa shape index (κ3) is 3.48.